The fourth-order valence-electron chi connectivity index (χ4n) is 3.53. The van der Waals surface area contributed by atoms with Crippen LogP contribution in [0.4, 0.5) is 0 Å². The van der Waals surface area contributed by atoms with Crippen molar-refractivity contribution in [3.8, 4) is 5.75 Å². The van der Waals surface area contributed by atoms with E-state index in [1.807, 2.05) is 36.4 Å². The number of hydrogen-bond donors (Lipinski definition) is 1. The third kappa shape index (κ3) is 11.2. The van der Waals surface area contributed by atoms with Crippen LogP contribution in [0.15, 0.2) is 48.4 Å². The van der Waals surface area contributed by atoms with E-state index in [4.69, 9.17) is 14.2 Å². The third-order valence-corrected chi connectivity index (χ3v) is 5.35. The predicted molar refractivity (Wildman–Crippen MR) is 130 cm³/mol. The first-order chi connectivity index (χ1) is 15.8. The van der Waals surface area contributed by atoms with Crippen LogP contribution in [0.25, 0.3) is 6.08 Å². The number of para-hydroxylation sites is 1. The van der Waals surface area contributed by atoms with E-state index in [1.54, 1.807) is 12.1 Å². The van der Waals surface area contributed by atoms with Gasteiger partial charge in [-0.1, -0.05) is 82.9 Å². The van der Waals surface area contributed by atoms with Crippen molar-refractivity contribution < 1.29 is 19.0 Å². The molecule has 176 valence electrons. The van der Waals surface area contributed by atoms with Crippen LogP contribution in [0.3, 0.4) is 0 Å². The quantitative estimate of drug-likeness (QED) is 0.167. The molecule has 0 aromatic heterocycles. The van der Waals surface area contributed by atoms with Crippen LogP contribution >= 0.6 is 0 Å². The van der Waals surface area contributed by atoms with Gasteiger partial charge in [-0.15, -0.1) is 0 Å². The summed E-state index contributed by atoms with van der Waals surface area (Å²) in [4.78, 5) is 10.3. The number of ether oxygens (including phenoxy) is 3. The molecule has 0 saturated heterocycles. The van der Waals surface area contributed by atoms with Gasteiger partial charge in [0.2, 0.25) is 0 Å². The molecule has 1 unspecified atom stereocenters. The average Bonchev–Trinajstić information content (AvgIpc) is 2.83. The summed E-state index contributed by atoms with van der Waals surface area (Å²) >= 11 is 0. The van der Waals surface area contributed by atoms with Gasteiger partial charge < -0.3 is 19.5 Å². The molecule has 0 spiro atoms. The predicted octanol–water partition coefficient (Wildman–Crippen LogP) is 6.19. The van der Waals surface area contributed by atoms with E-state index in [0.717, 1.165) is 17.7 Å². The largest absolute Gasteiger partial charge is 0.494 e. The van der Waals surface area contributed by atoms with Gasteiger partial charge in [-0.25, -0.2) is 4.79 Å². The monoisotopic (exact) mass is 441 g/mol. The van der Waals surface area contributed by atoms with Gasteiger partial charge in [-0.05, 0) is 24.6 Å². The lowest BCUT2D eigenvalue weighted by Gasteiger charge is -2.22. The minimum atomic E-state index is -0.268. The molecule has 1 aliphatic rings. The number of benzene rings is 1. The SMILES string of the molecule is CCCCCCCCCCCCOC(=CNC1C=Cc2ccccc2O1)COCC=C=O. The molecular formula is C27H39NO4. The number of hydrogen-bond acceptors (Lipinski definition) is 5. The van der Waals surface area contributed by atoms with Crippen molar-refractivity contribution in [3.05, 3.63) is 53.9 Å². The van der Waals surface area contributed by atoms with Gasteiger partial charge in [-0.3, -0.25) is 0 Å². The van der Waals surface area contributed by atoms with Gasteiger partial charge in [0.15, 0.2) is 6.23 Å². The summed E-state index contributed by atoms with van der Waals surface area (Å²) in [7, 11) is 0. The Labute approximate surface area is 193 Å². The molecule has 1 heterocycles. The fraction of sp³-hybridized carbons (Fsp3) is 0.556. The second-order valence-electron chi connectivity index (χ2n) is 8.08. The summed E-state index contributed by atoms with van der Waals surface area (Å²) in [5, 5.41) is 3.23. The summed E-state index contributed by atoms with van der Waals surface area (Å²) in [6.45, 7) is 3.42. The van der Waals surface area contributed by atoms with Crippen LogP contribution in [-0.4, -0.2) is 32.0 Å². The molecule has 2 rings (SSSR count). The van der Waals surface area contributed by atoms with Gasteiger partial charge in [0.05, 0.1) is 13.2 Å². The van der Waals surface area contributed by atoms with Crippen molar-refractivity contribution in [1.82, 2.24) is 5.32 Å². The van der Waals surface area contributed by atoms with Crippen molar-refractivity contribution in [3.63, 3.8) is 0 Å². The highest BCUT2D eigenvalue weighted by molar-refractivity contribution is 5.59. The Balaban J connectivity index is 1.66. The molecule has 0 radical (unpaired) electrons. The topological polar surface area (TPSA) is 56.8 Å². The molecule has 5 nitrogen and oxygen atoms in total. The summed E-state index contributed by atoms with van der Waals surface area (Å²) in [6, 6.07) is 7.92. The van der Waals surface area contributed by atoms with E-state index in [0.29, 0.717) is 12.4 Å². The van der Waals surface area contributed by atoms with Crippen LogP contribution < -0.4 is 10.1 Å². The summed E-state index contributed by atoms with van der Waals surface area (Å²) < 4.78 is 17.3. The van der Waals surface area contributed by atoms with E-state index in [2.05, 4.69) is 12.2 Å². The summed E-state index contributed by atoms with van der Waals surface area (Å²) in [5.41, 5.74) is 1.07. The molecular weight excluding hydrogens is 402 g/mol. The molecule has 0 saturated carbocycles. The first-order valence-corrected chi connectivity index (χ1v) is 12.1. The maximum absolute atomic E-state index is 10.3. The second kappa shape index (κ2) is 17.1. The third-order valence-electron chi connectivity index (χ3n) is 5.35. The highest BCUT2D eigenvalue weighted by atomic mass is 16.5. The summed E-state index contributed by atoms with van der Waals surface area (Å²) in [5.74, 6) is 3.26. The number of nitrogens with one attached hydrogen (secondary N) is 1. The molecule has 0 bridgehead atoms. The highest BCUT2D eigenvalue weighted by Crippen LogP contribution is 2.24. The molecule has 32 heavy (non-hydrogen) atoms. The molecule has 1 aromatic rings. The van der Waals surface area contributed by atoms with E-state index in [9.17, 15) is 4.79 Å². The van der Waals surface area contributed by atoms with Gasteiger partial charge in [0.25, 0.3) is 0 Å². The Morgan fingerprint density at radius 1 is 1.06 bits per heavy atom. The maximum atomic E-state index is 10.3. The maximum Gasteiger partial charge on any atom is 0.189 e. The molecule has 0 fully saturated rings. The van der Waals surface area contributed by atoms with Crippen LogP contribution in [0.5, 0.6) is 5.75 Å². The Morgan fingerprint density at radius 2 is 1.78 bits per heavy atom. The fourth-order valence-corrected chi connectivity index (χ4v) is 3.53. The molecule has 0 aliphatic carbocycles. The van der Waals surface area contributed by atoms with E-state index >= 15 is 0 Å². The highest BCUT2D eigenvalue weighted by Gasteiger charge is 2.12. The molecule has 1 aliphatic heterocycles. The lowest BCUT2D eigenvalue weighted by Crippen LogP contribution is -2.30. The standard InChI is InChI=1S/C27H39NO4/c1-2-3-4-5-6-7-8-9-10-13-21-31-25(23-30-20-14-19-29)22-28-27-18-17-24-15-11-12-16-26(24)32-27/h11-12,14-18,22,27-28H,2-10,13,20-21,23H2,1H3. The van der Waals surface area contributed by atoms with Crippen molar-refractivity contribution in [1.29, 1.82) is 0 Å². The normalized spacial score (nSPS) is 14.9. The zero-order valence-corrected chi connectivity index (χ0v) is 19.5. The molecule has 5 heteroatoms. The average molecular weight is 442 g/mol. The zero-order chi connectivity index (χ0) is 22.7. The molecule has 1 N–H and O–H groups in total. The zero-order valence-electron chi connectivity index (χ0n) is 19.5. The Bertz CT molecular complexity index is 737. The molecule has 1 aromatic carbocycles. The second-order valence-corrected chi connectivity index (χ2v) is 8.08. The molecule has 1 atom stereocenters. The number of rotatable bonds is 18. The van der Waals surface area contributed by atoms with Crippen LogP contribution in [0.2, 0.25) is 0 Å². The Hall–Kier alpha value is -2.49. The lowest BCUT2D eigenvalue weighted by atomic mass is 10.1. The van der Waals surface area contributed by atoms with Crippen molar-refractivity contribution >= 4 is 12.0 Å². The van der Waals surface area contributed by atoms with Crippen LogP contribution in [-0.2, 0) is 14.3 Å². The lowest BCUT2D eigenvalue weighted by molar-refractivity contribution is 0.109. The van der Waals surface area contributed by atoms with Gasteiger partial charge in [-0.2, -0.15) is 0 Å². The van der Waals surface area contributed by atoms with Crippen molar-refractivity contribution in [2.24, 2.45) is 0 Å². The molecule has 0 amide bonds. The van der Waals surface area contributed by atoms with Gasteiger partial charge >= 0.3 is 0 Å². The Kier molecular flexibility index (Phi) is 13.8. The Morgan fingerprint density at radius 3 is 2.53 bits per heavy atom. The number of unbranched alkanes of at least 4 members (excludes halogenated alkanes) is 9. The van der Waals surface area contributed by atoms with Crippen LogP contribution in [0.1, 0.15) is 76.7 Å². The van der Waals surface area contributed by atoms with E-state index in [-0.39, 0.29) is 19.4 Å². The van der Waals surface area contributed by atoms with Gasteiger partial charge in [0, 0.05) is 17.8 Å². The number of fused-ring (bicyclic) bond motifs is 1. The van der Waals surface area contributed by atoms with Crippen molar-refractivity contribution in [2.45, 2.75) is 77.4 Å². The number of carbonyl (C=O) groups excluding carboxylic acids is 1. The van der Waals surface area contributed by atoms with E-state index < -0.39 is 0 Å². The first kappa shape index (κ1) is 25.8. The van der Waals surface area contributed by atoms with Gasteiger partial charge in [0.1, 0.15) is 24.1 Å². The minimum Gasteiger partial charge on any atom is -0.494 e. The summed E-state index contributed by atoms with van der Waals surface area (Å²) in [6.07, 6.45) is 19.8. The van der Waals surface area contributed by atoms with E-state index in [1.165, 1.54) is 63.9 Å². The minimum absolute atomic E-state index is 0.218. The van der Waals surface area contributed by atoms with Crippen molar-refractivity contribution in [2.75, 3.05) is 19.8 Å². The van der Waals surface area contributed by atoms with Crippen LogP contribution in [0, 0.1) is 0 Å². The smallest absolute Gasteiger partial charge is 0.189 e. The first-order valence-electron chi connectivity index (χ1n) is 12.1.